The van der Waals surface area contributed by atoms with E-state index in [2.05, 4.69) is 24.3 Å². The molecule has 0 N–H and O–H groups in total. The fourth-order valence-corrected chi connectivity index (χ4v) is 13.5. The van der Waals surface area contributed by atoms with Gasteiger partial charge in [0, 0.05) is 0 Å². The van der Waals surface area contributed by atoms with Gasteiger partial charge >= 0.3 is 0 Å². The van der Waals surface area contributed by atoms with Crippen LogP contribution in [-0.4, -0.2) is 18.1 Å². The zero-order valence-electron chi connectivity index (χ0n) is 10.4. The van der Waals surface area contributed by atoms with Gasteiger partial charge in [0.05, 0.1) is 0 Å². The molecular weight excluding hydrogens is 291 g/mol. The molecule has 1 saturated heterocycles. The van der Waals surface area contributed by atoms with Gasteiger partial charge in [-0.25, -0.2) is 0 Å². The molecule has 1 aliphatic heterocycles. The molecule has 98 valence electrons. The van der Waals surface area contributed by atoms with Crippen molar-refractivity contribution in [1.29, 1.82) is 0 Å². The van der Waals surface area contributed by atoms with Gasteiger partial charge in [0.15, 0.2) is 0 Å². The number of benzene rings is 2. The Balaban J connectivity index is 1.84. The quantitative estimate of drug-likeness (QED) is 0.618. The van der Waals surface area contributed by atoms with E-state index in [4.69, 9.17) is 8.43 Å². The van der Waals surface area contributed by atoms with Crippen LogP contribution in [0, 0.1) is 0 Å². The smallest absolute Gasteiger partial charge is 0.300 e. The monoisotopic (exact) mass is 306 g/mol. The van der Waals surface area contributed by atoms with Gasteiger partial charge in [-0.05, 0) is 16.0 Å². The lowest BCUT2D eigenvalue weighted by molar-refractivity contribution is 0.417. The van der Waals surface area contributed by atoms with Gasteiger partial charge in [-0.1, -0.05) is 60.7 Å². The van der Waals surface area contributed by atoms with Crippen LogP contribution in [0.5, 0.6) is 0 Å². The van der Waals surface area contributed by atoms with Crippen molar-refractivity contribution < 1.29 is 13.0 Å². The maximum atomic E-state index is 11.8. The topological polar surface area (TPSA) is 35.5 Å². The third-order valence-corrected chi connectivity index (χ3v) is 12.7. The highest BCUT2D eigenvalue weighted by atomic mass is 31.1. The first-order valence-electron chi connectivity index (χ1n) is 6.30. The van der Waals surface area contributed by atoms with Crippen molar-refractivity contribution in [3.05, 3.63) is 60.7 Å². The fourth-order valence-electron chi connectivity index (χ4n) is 2.29. The molecule has 0 saturated carbocycles. The van der Waals surface area contributed by atoms with E-state index in [1.165, 1.54) is 10.4 Å². The lowest BCUT2D eigenvalue weighted by Gasteiger charge is -2.27. The summed E-state index contributed by atoms with van der Waals surface area (Å²) in [6.45, 7) is 0. The van der Waals surface area contributed by atoms with Crippen LogP contribution in [0.25, 0.3) is 0 Å². The second-order valence-corrected chi connectivity index (χ2v) is 12.1. The Kier molecular flexibility index (Phi) is 4.10. The zero-order valence-corrected chi connectivity index (χ0v) is 13.7. The third kappa shape index (κ3) is 3.13. The lowest BCUT2D eigenvalue weighted by atomic mass is 10.4. The highest BCUT2D eigenvalue weighted by molar-refractivity contribution is 7.39. The standard InChI is InChI=1S/C13H15O3PSi2/c14-17-15-18(12-7-3-1-4-8-12)11-19(16-17)13-9-5-2-6-10-13/h1-10,17-19H,11H2. The van der Waals surface area contributed by atoms with Crippen LogP contribution >= 0.6 is 8.25 Å². The number of hydrogen-bond acceptors (Lipinski definition) is 3. The predicted molar refractivity (Wildman–Crippen MR) is 82.4 cm³/mol. The molecule has 0 aliphatic carbocycles. The van der Waals surface area contributed by atoms with Crippen LogP contribution in [0.3, 0.4) is 0 Å². The minimum Gasteiger partial charge on any atom is -0.351 e. The molecule has 2 atom stereocenters. The highest BCUT2D eigenvalue weighted by Gasteiger charge is 2.32. The molecule has 1 fully saturated rings. The van der Waals surface area contributed by atoms with E-state index >= 15 is 0 Å². The molecule has 2 aromatic carbocycles. The molecular formula is C13H15O3PSi2. The molecule has 19 heavy (non-hydrogen) atoms. The fraction of sp³-hybridized carbons (Fsp3) is 0.0769. The van der Waals surface area contributed by atoms with Crippen molar-refractivity contribution >= 4 is 36.7 Å². The van der Waals surface area contributed by atoms with Gasteiger partial charge in [0.2, 0.25) is 18.1 Å². The van der Waals surface area contributed by atoms with Gasteiger partial charge in [0.1, 0.15) is 0 Å². The Bertz CT molecular complexity index is 515. The van der Waals surface area contributed by atoms with Crippen molar-refractivity contribution in [3.63, 3.8) is 0 Å². The Morgan fingerprint density at radius 3 is 1.63 bits per heavy atom. The van der Waals surface area contributed by atoms with E-state index in [1.54, 1.807) is 0 Å². The van der Waals surface area contributed by atoms with Crippen molar-refractivity contribution in [3.8, 4) is 0 Å². The molecule has 1 aliphatic rings. The van der Waals surface area contributed by atoms with Crippen LogP contribution in [0.2, 0.25) is 5.67 Å². The Hall–Kier alpha value is -0.976. The normalized spacial score (nSPS) is 27.1. The SMILES string of the molecule is O=[PH]1O[SiH](c2ccccc2)C[SiH](c2ccccc2)O1. The molecule has 0 spiro atoms. The van der Waals surface area contributed by atoms with Crippen LogP contribution < -0.4 is 10.4 Å². The van der Waals surface area contributed by atoms with Gasteiger partial charge in [-0.2, -0.15) is 0 Å². The maximum absolute atomic E-state index is 11.8. The van der Waals surface area contributed by atoms with E-state index in [9.17, 15) is 4.57 Å². The van der Waals surface area contributed by atoms with E-state index in [0.29, 0.717) is 0 Å². The molecule has 0 bridgehead atoms. The van der Waals surface area contributed by atoms with Crippen LogP contribution in [-0.2, 0) is 13.0 Å². The average Bonchev–Trinajstić information content (AvgIpc) is 2.48. The molecule has 2 unspecified atom stereocenters. The summed E-state index contributed by atoms with van der Waals surface area (Å²) in [5, 5.41) is 2.44. The van der Waals surface area contributed by atoms with Crippen LogP contribution in [0.15, 0.2) is 60.7 Å². The van der Waals surface area contributed by atoms with Gasteiger partial charge in [0.25, 0.3) is 8.25 Å². The molecule has 3 nitrogen and oxygen atoms in total. The van der Waals surface area contributed by atoms with Gasteiger partial charge < -0.3 is 8.43 Å². The third-order valence-electron chi connectivity index (χ3n) is 3.25. The second-order valence-electron chi connectivity index (χ2n) is 4.52. The predicted octanol–water partition coefficient (Wildman–Crippen LogP) is 1.22. The minimum atomic E-state index is -2.31. The van der Waals surface area contributed by atoms with E-state index in [0.717, 1.165) is 5.67 Å². The highest BCUT2D eigenvalue weighted by Crippen LogP contribution is 2.32. The summed E-state index contributed by atoms with van der Waals surface area (Å²) in [5.41, 5.74) is 0.963. The average molecular weight is 306 g/mol. The maximum Gasteiger partial charge on any atom is 0.300 e. The first kappa shape index (κ1) is 13.0. The summed E-state index contributed by atoms with van der Waals surface area (Å²) in [6, 6.07) is 20.3. The Morgan fingerprint density at radius 1 is 0.789 bits per heavy atom. The van der Waals surface area contributed by atoms with Gasteiger partial charge in [-0.3, -0.25) is 4.57 Å². The summed E-state index contributed by atoms with van der Waals surface area (Å²) < 4.78 is 23.1. The van der Waals surface area contributed by atoms with E-state index < -0.39 is 26.3 Å². The van der Waals surface area contributed by atoms with Crippen molar-refractivity contribution in [2.75, 3.05) is 0 Å². The lowest BCUT2D eigenvalue weighted by Crippen LogP contribution is -2.45. The molecule has 3 rings (SSSR count). The Morgan fingerprint density at radius 2 is 1.21 bits per heavy atom. The minimum absolute atomic E-state index is 0.963. The molecule has 1 heterocycles. The zero-order chi connectivity index (χ0) is 13.1. The summed E-state index contributed by atoms with van der Waals surface area (Å²) in [7, 11) is -5.51. The van der Waals surface area contributed by atoms with Gasteiger partial charge in [-0.15, -0.1) is 0 Å². The van der Waals surface area contributed by atoms with Crippen molar-refractivity contribution in [2.45, 2.75) is 5.67 Å². The largest absolute Gasteiger partial charge is 0.351 e. The number of hydrogen-bond donors (Lipinski definition) is 0. The molecule has 0 amide bonds. The first-order chi connectivity index (χ1) is 9.33. The van der Waals surface area contributed by atoms with Crippen LogP contribution in [0.4, 0.5) is 0 Å². The van der Waals surface area contributed by atoms with Crippen molar-refractivity contribution in [2.24, 2.45) is 0 Å². The van der Waals surface area contributed by atoms with Crippen molar-refractivity contribution in [1.82, 2.24) is 0 Å². The molecule has 0 radical (unpaired) electrons. The van der Waals surface area contributed by atoms with Crippen LogP contribution in [0.1, 0.15) is 0 Å². The summed E-state index contributed by atoms with van der Waals surface area (Å²) >= 11 is 0. The van der Waals surface area contributed by atoms with E-state index in [1.807, 2.05) is 36.4 Å². The summed E-state index contributed by atoms with van der Waals surface area (Å²) in [5.74, 6) is 0. The summed E-state index contributed by atoms with van der Waals surface area (Å²) in [4.78, 5) is 0. The second kappa shape index (κ2) is 5.99. The molecule has 0 aromatic heterocycles. The number of rotatable bonds is 2. The summed E-state index contributed by atoms with van der Waals surface area (Å²) in [6.07, 6.45) is 0. The molecule has 6 heteroatoms. The molecule has 2 aromatic rings. The first-order valence-corrected chi connectivity index (χ1v) is 11.3. The van der Waals surface area contributed by atoms with E-state index in [-0.39, 0.29) is 0 Å². The Labute approximate surface area is 116 Å².